The third kappa shape index (κ3) is 2.77. The lowest BCUT2D eigenvalue weighted by molar-refractivity contribution is 0.0985. The molecule has 1 heterocycles. The fraction of sp³-hybridized carbons (Fsp3) is 0.316. The molecule has 0 aliphatic carbocycles. The van der Waals surface area contributed by atoms with E-state index in [9.17, 15) is 4.79 Å². The number of para-hydroxylation sites is 1. The Kier molecular flexibility index (Phi) is 4.25. The summed E-state index contributed by atoms with van der Waals surface area (Å²) in [6.07, 6.45) is 2.07. The van der Waals surface area contributed by atoms with Gasteiger partial charge in [0.25, 0.3) is 5.91 Å². The average molecular weight is 295 g/mol. The zero-order valence-corrected chi connectivity index (χ0v) is 13.1. The lowest BCUT2D eigenvalue weighted by Crippen LogP contribution is -2.36. The van der Waals surface area contributed by atoms with Crippen LogP contribution in [0.1, 0.15) is 33.5 Å². The van der Waals surface area contributed by atoms with Gasteiger partial charge in [0.2, 0.25) is 0 Å². The van der Waals surface area contributed by atoms with Crippen LogP contribution in [0.2, 0.25) is 0 Å². The second-order valence-electron chi connectivity index (χ2n) is 5.77. The lowest BCUT2D eigenvalue weighted by atomic mass is 9.97. The van der Waals surface area contributed by atoms with Gasteiger partial charge < -0.3 is 9.64 Å². The molecule has 0 unspecified atom stereocenters. The third-order valence-corrected chi connectivity index (χ3v) is 4.18. The Bertz CT molecular complexity index is 676. The van der Waals surface area contributed by atoms with E-state index in [-0.39, 0.29) is 5.91 Å². The van der Waals surface area contributed by atoms with Gasteiger partial charge in [-0.15, -0.1) is 0 Å². The average Bonchev–Trinajstić information content (AvgIpc) is 2.55. The number of anilines is 1. The number of carbonyl (C=O) groups is 1. The van der Waals surface area contributed by atoms with Gasteiger partial charge in [-0.3, -0.25) is 4.79 Å². The van der Waals surface area contributed by atoms with E-state index in [1.165, 1.54) is 11.1 Å². The van der Waals surface area contributed by atoms with E-state index in [0.717, 1.165) is 36.2 Å². The summed E-state index contributed by atoms with van der Waals surface area (Å²) in [5.41, 5.74) is 5.35. The van der Waals surface area contributed by atoms with Gasteiger partial charge in [-0.2, -0.15) is 0 Å². The summed E-state index contributed by atoms with van der Waals surface area (Å²) in [7, 11) is 1.67. The van der Waals surface area contributed by atoms with E-state index < -0.39 is 0 Å². The summed E-state index contributed by atoms with van der Waals surface area (Å²) in [6, 6.07) is 14.0. The van der Waals surface area contributed by atoms with Crippen LogP contribution in [0.4, 0.5) is 5.69 Å². The Morgan fingerprint density at radius 3 is 2.68 bits per heavy atom. The molecule has 1 amide bonds. The fourth-order valence-electron chi connectivity index (χ4n) is 3.12. The molecular formula is C19H21NO2. The maximum Gasteiger partial charge on any atom is 0.258 e. The molecular weight excluding hydrogens is 274 g/mol. The van der Waals surface area contributed by atoms with Crippen molar-refractivity contribution in [3.8, 4) is 0 Å². The lowest BCUT2D eigenvalue weighted by Gasteiger charge is -2.31. The van der Waals surface area contributed by atoms with Gasteiger partial charge in [-0.05, 0) is 48.6 Å². The van der Waals surface area contributed by atoms with Crippen molar-refractivity contribution in [3.63, 3.8) is 0 Å². The second-order valence-corrected chi connectivity index (χ2v) is 5.77. The quantitative estimate of drug-likeness (QED) is 0.863. The van der Waals surface area contributed by atoms with E-state index in [1.807, 2.05) is 29.2 Å². The van der Waals surface area contributed by atoms with E-state index in [0.29, 0.717) is 6.61 Å². The van der Waals surface area contributed by atoms with Gasteiger partial charge in [-0.25, -0.2) is 0 Å². The van der Waals surface area contributed by atoms with Gasteiger partial charge >= 0.3 is 0 Å². The highest BCUT2D eigenvalue weighted by molar-refractivity contribution is 6.07. The van der Waals surface area contributed by atoms with Crippen LogP contribution in [0.5, 0.6) is 0 Å². The number of ether oxygens (including phenoxy) is 1. The van der Waals surface area contributed by atoms with Crippen LogP contribution >= 0.6 is 0 Å². The SMILES string of the molecule is COCc1ccc(C(=O)N2CCCc3cccc(C)c32)cc1. The van der Waals surface area contributed by atoms with E-state index in [1.54, 1.807) is 7.11 Å². The first-order valence-electron chi connectivity index (χ1n) is 7.69. The number of aryl methyl sites for hydroxylation is 2. The van der Waals surface area contributed by atoms with Crippen molar-refractivity contribution < 1.29 is 9.53 Å². The largest absolute Gasteiger partial charge is 0.380 e. The molecule has 1 aliphatic rings. The Labute approximate surface area is 131 Å². The molecule has 3 nitrogen and oxygen atoms in total. The van der Waals surface area contributed by atoms with Crippen LogP contribution in [0, 0.1) is 6.92 Å². The van der Waals surface area contributed by atoms with Gasteiger partial charge in [-0.1, -0.05) is 30.3 Å². The number of rotatable bonds is 3. The molecule has 3 heteroatoms. The molecule has 3 rings (SSSR count). The molecule has 22 heavy (non-hydrogen) atoms. The molecule has 2 aromatic rings. The summed E-state index contributed by atoms with van der Waals surface area (Å²) in [4.78, 5) is 14.8. The molecule has 114 valence electrons. The normalized spacial score (nSPS) is 13.8. The summed E-state index contributed by atoms with van der Waals surface area (Å²) in [5, 5.41) is 0. The van der Waals surface area contributed by atoms with E-state index in [2.05, 4.69) is 25.1 Å². The van der Waals surface area contributed by atoms with Crippen LogP contribution in [0.15, 0.2) is 42.5 Å². The summed E-state index contributed by atoms with van der Waals surface area (Å²) in [6.45, 7) is 3.43. The van der Waals surface area contributed by atoms with Gasteiger partial charge in [0.1, 0.15) is 0 Å². The number of fused-ring (bicyclic) bond motifs is 1. The van der Waals surface area contributed by atoms with Crippen molar-refractivity contribution in [1.29, 1.82) is 0 Å². The molecule has 0 atom stereocenters. The Morgan fingerprint density at radius 1 is 1.18 bits per heavy atom. The minimum Gasteiger partial charge on any atom is -0.380 e. The fourth-order valence-corrected chi connectivity index (χ4v) is 3.12. The molecule has 0 bridgehead atoms. The number of benzene rings is 2. The van der Waals surface area contributed by atoms with E-state index >= 15 is 0 Å². The highest BCUT2D eigenvalue weighted by atomic mass is 16.5. The van der Waals surface area contributed by atoms with Gasteiger partial charge in [0.05, 0.1) is 12.3 Å². The summed E-state index contributed by atoms with van der Waals surface area (Å²) >= 11 is 0. The molecule has 0 saturated heterocycles. The van der Waals surface area contributed by atoms with Gasteiger partial charge in [0.15, 0.2) is 0 Å². The standard InChI is InChI=1S/C19H21NO2/c1-14-5-3-6-16-7-4-12-20(18(14)16)19(21)17-10-8-15(9-11-17)13-22-2/h3,5-6,8-11H,4,7,12-13H2,1-2H3. The van der Waals surface area contributed by atoms with Crippen LogP contribution in [0.3, 0.4) is 0 Å². The highest BCUT2D eigenvalue weighted by Gasteiger charge is 2.24. The zero-order chi connectivity index (χ0) is 15.5. The second kappa shape index (κ2) is 6.32. The number of nitrogens with zero attached hydrogens (tertiary/aromatic N) is 1. The Morgan fingerprint density at radius 2 is 1.95 bits per heavy atom. The van der Waals surface area contributed by atoms with Crippen molar-refractivity contribution >= 4 is 11.6 Å². The van der Waals surface area contributed by atoms with Crippen molar-refractivity contribution in [2.45, 2.75) is 26.4 Å². The maximum absolute atomic E-state index is 12.9. The molecule has 0 N–H and O–H groups in total. The molecule has 0 fully saturated rings. The number of hydrogen-bond donors (Lipinski definition) is 0. The van der Waals surface area contributed by atoms with Crippen LogP contribution in [-0.4, -0.2) is 19.6 Å². The topological polar surface area (TPSA) is 29.5 Å². The Balaban J connectivity index is 1.90. The van der Waals surface area contributed by atoms with Crippen LogP contribution < -0.4 is 4.90 Å². The van der Waals surface area contributed by atoms with Crippen molar-refractivity contribution in [2.24, 2.45) is 0 Å². The molecule has 0 saturated carbocycles. The van der Waals surface area contributed by atoms with Gasteiger partial charge in [0, 0.05) is 19.2 Å². The first-order chi connectivity index (χ1) is 10.7. The van der Waals surface area contributed by atoms with Crippen molar-refractivity contribution in [3.05, 3.63) is 64.7 Å². The number of hydrogen-bond acceptors (Lipinski definition) is 2. The highest BCUT2D eigenvalue weighted by Crippen LogP contribution is 2.31. The Hall–Kier alpha value is -2.13. The molecule has 2 aromatic carbocycles. The molecule has 0 aromatic heterocycles. The molecule has 1 aliphatic heterocycles. The molecule has 0 radical (unpaired) electrons. The number of carbonyl (C=O) groups excluding carboxylic acids is 1. The predicted octanol–water partition coefficient (Wildman–Crippen LogP) is 3.73. The van der Waals surface area contributed by atoms with E-state index in [4.69, 9.17) is 4.74 Å². The van der Waals surface area contributed by atoms with Crippen LogP contribution in [0.25, 0.3) is 0 Å². The minimum atomic E-state index is 0.0826. The number of amides is 1. The third-order valence-electron chi connectivity index (χ3n) is 4.18. The van der Waals surface area contributed by atoms with Crippen molar-refractivity contribution in [2.75, 3.05) is 18.6 Å². The predicted molar refractivity (Wildman–Crippen MR) is 88.3 cm³/mol. The minimum absolute atomic E-state index is 0.0826. The van der Waals surface area contributed by atoms with Crippen molar-refractivity contribution in [1.82, 2.24) is 0 Å². The smallest absolute Gasteiger partial charge is 0.258 e. The number of methoxy groups -OCH3 is 1. The summed E-state index contributed by atoms with van der Waals surface area (Å²) in [5.74, 6) is 0.0826. The molecule has 0 spiro atoms. The first kappa shape index (κ1) is 14.8. The maximum atomic E-state index is 12.9. The zero-order valence-electron chi connectivity index (χ0n) is 13.1. The monoisotopic (exact) mass is 295 g/mol. The van der Waals surface area contributed by atoms with Crippen LogP contribution in [-0.2, 0) is 17.8 Å². The summed E-state index contributed by atoms with van der Waals surface area (Å²) < 4.78 is 5.11. The first-order valence-corrected chi connectivity index (χ1v) is 7.69.